The van der Waals surface area contributed by atoms with Crippen LogP contribution in [0.5, 0.6) is 0 Å². The first-order chi connectivity index (χ1) is 11.1. The summed E-state index contributed by atoms with van der Waals surface area (Å²) in [5.74, 6) is -0.0140. The molecule has 3 heterocycles. The number of nitrogens with zero attached hydrogens (tertiary/aromatic N) is 2. The van der Waals surface area contributed by atoms with Crippen molar-refractivity contribution in [1.82, 2.24) is 9.88 Å². The number of carbonyl (C=O) groups is 2. The van der Waals surface area contributed by atoms with Gasteiger partial charge in [0.1, 0.15) is 12.0 Å². The average Bonchev–Trinajstić information content (AvgIpc) is 3.11. The van der Waals surface area contributed by atoms with Gasteiger partial charge in [-0.25, -0.2) is 9.78 Å². The van der Waals surface area contributed by atoms with Gasteiger partial charge in [0, 0.05) is 24.4 Å². The number of fused-ring (bicyclic) bond motifs is 1. The van der Waals surface area contributed by atoms with Gasteiger partial charge in [0.05, 0.1) is 6.26 Å². The molecule has 1 aliphatic carbocycles. The molecule has 120 valence electrons. The second-order valence-corrected chi connectivity index (χ2v) is 5.99. The van der Waals surface area contributed by atoms with Crippen molar-refractivity contribution in [2.75, 3.05) is 6.54 Å². The molecule has 4 rings (SSSR count). The summed E-state index contributed by atoms with van der Waals surface area (Å²) in [4.78, 5) is 29.9. The number of amides is 1. The molecule has 1 unspecified atom stereocenters. The minimum Gasteiger partial charge on any atom is -0.479 e. The van der Waals surface area contributed by atoms with E-state index in [1.807, 2.05) is 0 Å². The third-order valence-corrected chi connectivity index (χ3v) is 4.66. The molecule has 2 aliphatic rings. The Hall–Kier alpha value is -2.57. The summed E-state index contributed by atoms with van der Waals surface area (Å²) in [7, 11) is 0. The fraction of sp³-hybridized carbons (Fsp3) is 0.438. The van der Waals surface area contributed by atoms with E-state index in [0.717, 1.165) is 19.3 Å². The van der Waals surface area contributed by atoms with Crippen LogP contribution in [0.25, 0.3) is 0 Å². The molecule has 1 amide bonds. The van der Waals surface area contributed by atoms with Gasteiger partial charge in [-0.05, 0) is 18.9 Å². The SMILES string of the molecule is O=C(O)C1c2ccoc2CCN1C(=O)c1coc(C2CCC2)n1. The molecular formula is C16H16N2O5. The molecule has 1 atom stereocenters. The summed E-state index contributed by atoms with van der Waals surface area (Å²) < 4.78 is 10.7. The Balaban J connectivity index is 1.62. The Morgan fingerprint density at radius 3 is 2.83 bits per heavy atom. The molecule has 1 N–H and O–H groups in total. The number of aromatic nitrogens is 1. The van der Waals surface area contributed by atoms with Gasteiger partial charge >= 0.3 is 5.97 Å². The molecule has 2 aromatic heterocycles. The van der Waals surface area contributed by atoms with Gasteiger partial charge in [0.15, 0.2) is 17.6 Å². The van der Waals surface area contributed by atoms with Crippen molar-refractivity contribution in [3.63, 3.8) is 0 Å². The van der Waals surface area contributed by atoms with Gasteiger partial charge in [-0.15, -0.1) is 0 Å². The zero-order valence-electron chi connectivity index (χ0n) is 12.4. The second-order valence-electron chi connectivity index (χ2n) is 5.99. The highest BCUT2D eigenvalue weighted by atomic mass is 16.4. The lowest BCUT2D eigenvalue weighted by Crippen LogP contribution is -2.43. The Kier molecular flexibility index (Phi) is 3.21. The number of aliphatic carboxylic acids is 1. The molecule has 1 aliphatic heterocycles. The van der Waals surface area contributed by atoms with E-state index in [1.54, 1.807) is 6.07 Å². The minimum absolute atomic E-state index is 0.171. The molecule has 7 nitrogen and oxygen atoms in total. The molecule has 0 bridgehead atoms. The van der Waals surface area contributed by atoms with Gasteiger partial charge in [-0.1, -0.05) is 6.42 Å². The summed E-state index contributed by atoms with van der Waals surface area (Å²) in [5, 5.41) is 9.53. The first kappa shape index (κ1) is 14.0. The minimum atomic E-state index is -1.08. The maximum Gasteiger partial charge on any atom is 0.331 e. The smallest absolute Gasteiger partial charge is 0.331 e. The molecular weight excluding hydrogens is 300 g/mol. The van der Waals surface area contributed by atoms with Crippen LogP contribution in [0.15, 0.2) is 27.4 Å². The van der Waals surface area contributed by atoms with Crippen molar-refractivity contribution in [1.29, 1.82) is 0 Å². The number of carbonyl (C=O) groups excluding carboxylic acids is 1. The van der Waals surface area contributed by atoms with E-state index in [2.05, 4.69) is 4.98 Å². The summed E-state index contributed by atoms with van der Waals surface area (Å²) >= 11 is 0. The maximum atomic E-state index is 12.7. The average molecular weight is 316 g/mol. The van der Waals surface area contributed by atoms with Crippen LogP contribution in [0.4, 0.5) is 0 Å². The number of carboxylic acid groups (broad SMARTS) is 1. The van der Waals surface area contributed by atoms with Crippen molar-refractivity contribution < 1.29 is 23.5 Å². The number of hydrogen-bond acceptors (Lipinski definition) is 5. The van der Waals surface area contributed by atoms with Crippen LogP contribution in [-0.4, -0.2) is 33.4 Å². The van der Waals surface area contributed by atoms with E-state index >= 15 is 0 Å². The standard InChI is InChI=1S/C16H16N2O5/c19-15(11-8-23-14(17-11)9-2-1-3-9)18-6-4-12-10(5-7-22-12)13(18)16(20)21/h5,7-9,13H,1-4,6H2,(H,20,21). The molecule has 0 spiro atoms. The Morgan fingerprint density at radius 1 is 1.30 bits per heavy atom. The van der Waals surface area contributed by atoms with E-state index in [4.69, 9.17) is 8.83 Å². The van der Waals surface area contributed by atoms with E-state index in [9.17, 15) is 14.7 Å². The first-order valence-corrected chi connectivity index (χ1v) is 7.70. The highest BCUT2D eigenvalue weighted by Gasteiger charge is 2.39. The van der Waals surface area contributed by atoms with Gasteiger partial charge in [-0.3, -0.25) is 4.79 Å². The molecule has 7 heteroatoms. The lowest BCUT2D eigenvalue weighted by molar-refractivity contribution is -0.143. The second kappa shape index (κ2) is 5.26. The molecule has 0 radical (unpaired) electrons. The maximum absolute atomic E-state index is 12.7. The largest absolute Gasteiger partial charge is 0.479 e. The highest BCUT2D eigenvalue weighted by Crippen LogP contribution is 2.36. The lowest BCUT2D eigenvalue weighted by Gasteiger charge is -2.31. The monoisotopic (exact) mass is 316 g/mol. The van der Waals surface area contributed by atoms with Gasteiger partial charge < -0.3 is 18.8 Å². The Morgan fingerprint density at radius 2 is 2.13 bits per heavy atom. The summed E-state index contributed by atoms with van der Waals surface area (Å²) in [6.07, 6.45) is 6.47. The molecule has 2 aromatic rings. The highest BCUT2D eigenvalue weighted by molar-refractivity contribution is 5.95. The van der Waals surface area contributed by atoms with Gasteiger partial charge in [-0.2, -0.15) is 0 Å². The van der Waals surface area contributed by atoms with E-state index in [0.29, 0.717) is 23.6 Å². The van der Waals surface area contributed by atoms with E-state index < -0.39 is 17.9 Å². The van der Waals surface area contributed by atoms with Crippen molar-refractivity contribution in [3.05, 3.63) is 41.5 Å². The summed E-state index contributed by atoms with van der Waals surface area (Å²) in [5.41, 5.74) is 0.699. The summed E-state index contributed by atoms with van der Waals surface area (Å²) in [6, 6.07) is 0.560. The van der Waals surface area contributed by atoms with Crippen LogP contribution in [0, 0.1) is 0 Å². The predicted molar refractivity (Wildman–Crippen MR) is 76.9 cm³/mol. The summed E-state index contributed by atoms with van der Waals surface area (Å²) in [6.45, 7) is 0.280. The fourth-order valence-electron chi connectivity index (χ4n) is 3.18. The van der Waals surface area contributed by atoms with Gasteiger partial charge in [0.25, 0.3) is 5.91 Å². The van der Waals surface area contributed by atoms with E-state index in [-0.39, 0.29) is 18.2 Å². The van der Waals surface area contributed by atoms with Crippen LogP contribution in [0.3, 0.4) is 0 Å². The van der Waals surface area contributed by atoms with Crippen molar-refractivity contribution in [3.8, 4) is 0 Å². The van der Waals surface area contributed by atoms with Crippen LogP contribution in [0.1, 0.15) is 58.9 Å². The van der Waals surface area contributed by atoms with Crippen molar-refractivity contribution in [2.45, 2.75) is 37.6 Å². The molecule has 0 saturated heterocycles. The molecule has 1 fully saturated rings. The number of oxazole rings is 1. The zero-order chi connectivity index (χ0) is 16.0. The number of rotatable bonds is 3. The first-order valence-electron chi connectivity index (χ1n) is 7.70. The Bertz CT molecular complexity index is 758. The van der Waals surface area contributed by atoms with E-state index in [1.165, 1.54) is 17.4 Å². The Labute approximate surface area is 131 Å². The van der Waals surface area contributed by atoms with Crippen LogP contribution in [0.2, 0.25) is 0 Å². The number of hydrogen-bond donors (Lipinski definition) is 1. The van der Waals surface area contributed by atoms with Gasteiger partial charge in [0.2, 0.25) is 0 Å². The van der Waals surface area contributed by atoms with Crippen molar-refractivity contribution in [2.24, 2.45) is 0 Å². The molecule has 23 heavy (non-hydrogen) atoms. The van der Waals surface area contributed by atoms with Crippen LogP contribution < -0.4 is 0 Å². The zero-order valence-corrected chi connectivity index (χ0v) is 12.4. The fourth-order valence-corrected chi connectivity index (χ4v) is 3.18. The number of carboxylic acids is 1. The molecule has 1 saturated carbocycles. The normalized spacial score (nSPS) is 20.9. The van der Waals surface area contributed by atoms with Crippen LogP contribution >= 0.6 is 0 Å². The number of furan rings is 1. The van der Waals surface area contributed by atoms with Crippen LogP contribution in [-0.2, 0) is 11.2 Å². The molecule has 0 aromatic carbocycles. The predicted octanol–water partition coefficient (Wildman–Crippen LogP) is 2.36. The lowest BCUT2D eigenvalue weighted by atomic mass is 9.85. The van der Waals surface area contributed by atoms with Crippen molar-refractivity contribution >= 4 is 11.9 Å². The quantitative estimate of drug-likeness (QED) is 0.933. The topological polar surface area (TPSA) is 96.8 Å². The third kappa shape index (κ3) is 2.23. The third-order valence-electron chi connectivity index (χ3n) is 4.66.